The number of nitrogen functional groups attached to an aromatic ring is 1. The number of benzene rings is 2. The molecule has 2 N–H and O–H groups in total. The van der Waals surface area contributed by atoms with Crippen LogP contribution in [0.25, 0.3) is 32.9 Å². The molecule has 55 heavy (non-hydrogen) atoms. The summed E-state index contributed by atoms with van der Waals surface area (Å²) in [6, 6.07) is 5.65. The van der Waals surface area contributed by atoms with Crippen molar-refractivity contribution >= 4 is 39.3 Å². The van der Waals surface area contributed by atoms with Crippen LogP contribution in [0.1, 0.15) is 89.8 Å². The molecule has 2 aromatic heterocycles. The molecule has 4 saturated heterocycles. The predicted molar refractivity (Wildman–Crippen MR) is 205 cm³/mol. The number of pyridine rings is 1. The summed E-state index contributed by atoms with van der Waals surface area (Å²) in [7, 11) is 0. The highest BCUT2D eigenvalue weighted by atomic mass is 19.1. The van der Waals surface area contributed by atoms with Gasteiger partial charge in [-0.3, -0.25) is 9.80 Å². The Morgan fingerprint density at radius 2 is 1.87 bits per heavy atom. The van der Waals surface area contributed by atoms with E-state index in [1.54, 1.807) is 18.2 Å². The van der Waals surface area contributed by atoms with E-state index in [1.165, 1.54) is 6.07 Å². The molecule has 4 fully saturated rings. The lowest BCUT2D eigenvalue weighted by Crippen LogP contribution is -2.62. The van der Waals surface area contributed by atoms with Gasteiger partial charge >= 0.3 is 12.1 Å². The van der Waals surface area contributed by atoms with E-state index in [0.717, 1.165) is 32.2 Å². The molecule has 6 atom stereocenters. The number of ether oxygens (including phenoxy) is 2. The van der Waals surface area contributed by atoms with Gasteiger partial charge in [-0.25, -0.2) is 22.9 Å². The van der Waals surface area contributed by atoms with Crippen molar-refractivity contribution in [2.45, 2.75) is 114 Å². The smallest absolute Gasteiger partial charge is 0.410 e. The zero-order valence-electron chi connectivity index (χ0n) is 31.7. The number of alkyl halides is 1. The lowest BCUT2D eigenvalue weighted by Gasteiger charge is -2.48. The summed E-state index contributed by atoms with van der Waals surface area (Å²) in [5.74, 6) is 1.41. The van der Waals surface area contributed by atoms with Crippen molar-refractivity contribution in [3.8, 4) is 29.6 Å². The average molecular weight is 754 g/mol. The fraction of sp³-hybridized carbons (Fsp3) is 0.524. The molecule has 0 saturated carbocycles. The van der Waals surface area contributed by atoms with E-state index in [4.69, 9.17) is 36.6 Å². The third-order valence-electron chi connectivity index (χ3n) is 12.5. The first-order valence-corrected chi connectivity index (χ1v) is 19.4. The number of nitrogens with zero attached hydrogens (tertiary/aromatic N) is 6. The number of hydrogen-bond donors (Lipinski definition) is 1. The highest BCUT2D eigenvalue weighted by Crippen LogP contribution is 2.48. The number of hydrogen-bond acceptors (Lipinski definition) is 9. The molecule has 2 aromatic carbocycles. The Morgan fingerprint density at radius 1 is 1.07 bits per heavy atom. The maximum absolute atomic E-state index is 17.6. The fourth-order valence-corrected chi connectivity index (χ4v) is 10.2. The molecule has 5 aliphatic rings. The van der Waals surface area contributed by atoms with Crippen LogP contribution >= 0.6 is 0 Å². The van der Waals surface area contributed by atoms with Crippen LogP contribution in [-0.2, 0) is 4.74 Å². The maximum Gasteiger partial charge on any atom is 0.410 e. The number of anilines is 2. The molecule has 2 bridgehead atoms. The van der Waals surface area contributed by atoms with E-state index in [9.17, 15) is 9.18 Å². The van der Waals surface area contributed by atoms with Gasteiger partial charge in [0.2, 0.25) is 0 Å². The van der Waals surface area contributed by atoms with E-state index < -0.39 is 28.9 Å². The monoisotopic (exact) mass is 753 g/mol. The van der Waals surface area contributed by atoms with E-state index >= 15 is 8.78 Å². The Kier molecular flexibility index (Phi) is 8.39. The molecule has 5 aliphatic heterocycles. The summed E-state index contributed by atoms with van der Waals surface area (Å²) in [4.78, 5) is 34.8. The molecule has 0 unspecified atom stereocenters. The number of halogens is 3. The van der Waals surface area contributed by atoms with Crippen LogP contribution in [0.5, 0.6) is 6.01 Å². The minimum absolute atomic E-state index is 0.0128. The Balaban J connectivity index is 1.24. The highest BCUT2D eigenvalue weighted by molar-refractivity contribution is 6.04. The van der Waals surface area contributed by atoms with Gasteiger partial charge in [-0.05, 0) is 95.3 Å². The number of aromatic nitrogens is 3. The number of amides is 1. The SMILES string of the molecule is C#Cc1c(F)ccc2cc(N)cc(-c3nc4c5c(nc(OC[C@@]67CCCN6C[C@H](F)C7)nc5c3F)N3C[C@H]5CC[C@@H]([C@@H]3CC[C@H]4C)N5C(=O)OC(C)(C)C)c12. The van der Waals surface area contributed by atoms with Crippen molar-refractivity contribution in [3.05, 3.63) is 47.2 Å². The molecule has 0 spiro atoms. The largest absolute Gasteiger partial charge is 0.461 e. The number of carbonyl (C=O) groups is 1. The molecule has 288 valence electrons. The summed E-state index contributed by atoms with van der Waals surface area (Å²) >= 11 is 0. The molecular weight excluding hydrogens is 708 g/mol. The molecule has 0 radical (unpaired) electrons. The molecule has 7 heterocycles. The quantitative estimate of drug-likeness (QED) is 0.168. The molecule has 4 aromatic rings. The number of piperazine rings is 1. The van der Waals surface area contributed by atoms with Gasteiger partial charge in [0, 0.05) is 36.1 Å². The number of terminal acetylenes is 1. The minimum Gasteiger partial charge on any atom is -0.461 e. The van der Waals surface area contributed by atoms with Gasteiger partial charge < -0.3 is 20.1 Å². The Labute approximate surface area is 318 Å². The maximum atomic E-state index is 17.6. The molecule has 10 nitrogen and oxygen atoms in total. The summed E-state index contributed by atoms with van der Waals surface area (Å²) in [6.45, 7) is 9.41. The minimum atomic E-state index is -0.951. The Morgan fingerprint density at radius 3 is 2.65 bits per heavy atom. The van der Waals surface area contributed by atoms with Gasteiger partial charge in [0.15, 0.2) is 5.82 Å². The van der Waals surface area contributed by atoms with Crippen LogP contribution in [0.15, 0.2) is 24.3 Å². The van der Waals surface area contributed by atoms with Crippen molar-refractivity contribution in [2.75, 3.05) is 36.9 Å². The second-order valence-corrected chi connectivity index (χ2v) is 17.2. The van der Waals surface area contributed by atoms with E-state index in [0.29, 0.717) is 65.7 Å². The third-order valence-corrected chi connectivity index (χ3v) is 12.5. The lowest BCUT2D eigenvalue weighted by molar-refractivity contribution is 0.00692. The average Bonchev–Trinajstić information content (AvgIpc) is 3.77. The molecular formula is C42H46F3N7O3. The van der Waals surface area contributed by atoms with Crippen molar-refractivity contribution in [3.63, 3.8) is 0 Å². The van der Waals surface area contributed by atoms with Crippen LogP contribution < -0.4 is 15.4 Å². The third kappa shape index (κ3) is 5.81. The van der Waals surface area contributed by atoms with Gasteiger partial charge in [-0.2, -0.15) is 9.97 Å². The predicted octanol–water partition coefficient (Wildman–Crippen LogP) is 7.50. The molecule has 0 aliphatic carbocycles. The van der Waals surface area contributed by atoms with Gasteiger partial charge in [0.25, 0.3) is 0 Å². The lowest BCUT2D eigenvalue weighted by atomic mass is 9.87. The molecule has 13 heteroatoms. The first-order valence-electron chi connectivity index (χ1n) is 19.4. The first kappa shape index (κ1) is 35.8. The van der Waals surface area contributed by atoms with Crippen LogP contribution in [0.2, 0.25) is 0 Å². The number of nitrogens with two attached hydrogens (primary N) is 1. The van der Waals surface area contributed by atoms with Gasteiger partial charge in [0.1, 0.15) is 41.2 Å². The van der Waals surface area contributed by atoms with Gasteiger partial charge in [-0.15, -0.1) is 6.42 Å². The zero-order valence-corrected chi connectivity index (χ0v) is 31.7. The van der Waals surface area contributed by atoms with Crippen molar-refractivity contribution in [1.82, 2.24) is 24.8 Å². The first-order chi connectivity index (χ1) is 26.2. The second-order valence-electron chi connectivity index (χ2n) is 17.2. The summed E-state index contributed by atoms with van der Waals surface area (Å²) in [5.41, 5.74) is 6.38. The van der Waals surface area contributed by atoms with Crippen molar-refractivity contribution < 1.29 is 27.4 Å². The van der Waals surface area contributed by atoms with Crippen LogP contribution in [0, 0.1) is 24.0 Å². The standard InChI is InChI=1S/C42H46F3N7O3/c1-6-27-29(44)11-9-23-16-25(46)17-28(32(23)27)36-34(45)37-33-35(47-36)22(2)8-12-30-31-13-10-26(52(31)40(53)55-41(3,4)5)20-51(30)38(33)49-39(48-37)54-21-42-14-7-15-50(42)19-24(43)18-42/h1,9,11,16-17,22,24,26,30-31H,7-8,10,12-15,18-21,46H2,2-5H3/t22-,24-,26-,30+,31+,42+/m1/s1. The Hall–Kier alpha value is -4.83. The van der Waals surface area contributed by atoms with Crippen LogP contribution in [-0.4, -0.2) is 92.5 Å². The Bertz CT molecular complexity index is 2290. The van der Waals surface area contributed by atoms with Crippen molar-refractivity contribution in [1.29, 1.82) is 0 Å². The zero-order chi connectivity index (χ0) is 38.6. The van der Waals surface area contributed by atoms with Gasteiger partial charge in [-0.1, -0.05) is 18.9 Å². The van der Waals surface area contributed by atoms with Crippen LogP contribution in [0.4, 0.5) is 29.5 Å². The summed E-state index contributed by atoms with van der Waals surface area (Å²) in [6.07, 6.45) is 9.61. The van der Waals surface area contributed by atoms with Crippen molar-refractivity contribution in [2.24, 2.45) is 0 Å². The topological polar surface area (TPSA) is 110 Å². The van der Waals surface area contributed by atoms with Gasteiger partial charge in [0.05, 0.1) is 40.3 Å². The van der Waals surface area contributed by atoms with Crippen LogP contribution in [0.3, 0.4) is 0 Å². The molecule has 1 amide bonds. The molecule has 9 rings (SSSR count). The highest BCUT2D eigenvalue weighted by Gasteiger charge is 2.52. The summed E-state index contributed by atoms with van der Waals surface area (Å²) < 4.78 is 59.9. The number of carbonyl (C=O) groups excluding carboxylic acids is 1. The summed E-state index contributed by atoms with van der Waals surface area (Å²) in [5, 5.41) is 1.35. The number of fused-ring (bicyclic) bond motifs is 7. The number of rotatable bonds is 4. The van der Waals surface area contributed by atoms with E-state index in [1.807, 2.05) is 32.6 Å². The second kappa shape index (κ2) is 12.9. The normalized spacial score (nSPS) is 27.5. The van der Waals surface area contributed by atoms with E-state index in [2.05, 4.69) is 15.7 Å². The van der Waals surface area contributed by atoms with E-state index in [-0.39, 0.29) is 65.1 Å². The fourth-order valence-electron chi connectivity index (χ4n) is 10.2.